The van der Waals surface area contributed by atoms with Gasteiger partial charge in [-0.05, 0) is 26.0 Å². The zero-order valence-corrected chi connectivity index (χ0v) is 14.0. The van der Waals surface area contributed by atoms with Gasteiger partial charge in [0.05, 0.1) is 24.7 Å². The number of benzene rings is 1. The first-order valence-electron chi connectivity index (χ1n) is 6.83. The molecule has 0 amide bonds. The van der Waals surface area contributed by atoms with Crippen LogP contribution in [0.1, 0.15) is 13.8 Å². The van der Waals surface area contributed by atoms with E-state index in [0.29, 0.717) is 22.7 Å². The number of aromatic nitrogens is 2. The molecule has 0 saturated carbocycles. The Morgan fingerprint density at radius 2 is 2.09 bits per heavy atom. The molecule has 0 aliphatic carbocycles. The Morgan fingerprint density at radius 1 is 1.27 bits per heavy atom. The molecule has 0 atom stereocenters. The van der Waals surface area contributed by atoms with Crippen molar-refractivity contribution in [1.82, 2.24) is 10.2 Å². The Hall–Kier alpha value is -1.80. The third kappa shape index (κ3) is 4.88. The summed E-state index contributed by atoms with van der Waals surface area (Å²) >= 11 is 2.69. The summed E-state index contributed by atoms with van der Waals surface area (Å²) < 4.78 is 11.1. The molecule has 0 fully saturated rings. The lowest BCUT2D eigenvalue weighted by atomic mass is 10.3. The Morgan fingerprint density at radius 3 is 2.86 bits per heavy atom. The van der Waals surface area contributed by atoms with Crippen LogP contribution in [0.5, 0.6) is 5.75 Å². The maximum Gasteiger partial charge on any atom is 0.316 e. The standard InChI is InChI=1S/C14H17N3O3S2/c1-3-19-11-8-6-5-7-10(11)15-13-16-17-14(22-13)21-9-12(18)20-4-2/h5-8H,3-4,9H2,1-2H3,(H,15,16). The van der Waals surface area contributed by atoms with Crippen LogP contribution in [0.3, 0.4) is 0 Å². The topological polar surface area (TPSA) is 73.3 Å². The summed E-state index contributed by atoms with van der Waals surface area (Å²) in [6, 6.07) is 7.64. The van der Waals surface area contributed by atoms with Crippen LogP contribution in [0, 0.1) is 0 Å². The Labute approximate surface area is 137 Å². The van der Waals surface area contributed by atoms with Crippen molar-refractivity contribution in [1.29, 1.82) is 0 Å². The summed E-state index contributed by atoms with van der Waals surface area (Å²) in [7, 11) is 0. The molecule has 1 N–H and O–H groups in total. The monoisotopic (exact) mass is 339 g/mol. The quantitative estimate of drug-likeness (QED) is 0.584. The second-order valence-electron chi connectivity index (χ2n) is 4.02. The van der Waals surface area contributed by atoms with Crippen molar-refractivity contribution in [2.75, 3.05) is 24.3 Å². The predicted molar refractivity (Wildman–Crippen MR) is 88.2 cm³/mol. The second-order valence-corrected chi connectivity index (χ2v) is 6.22. The molecule has 0 aliphatic rings. The van der Waals surface area contributed by atoms with Gasteiger partial charge >= 0.3 is 5.97 Å². The van der Waals surface area contributed by atoms with Gasteiger partial charge in [-0.25, -0.2) is 0 Å². The molecule has 0 radical (unpaired) electrons. The van der Waals surface area contributed by atoms with E-state index in [9.17, 15) is 4.79 Å². The number of anilines is 2. The molecule has 2 aromatic rings. The molecule has 6 nitrogen and oxygen atoms in total. The van der Waals surface area contributed by atoms with Gasteiger partial charge in [-0.3, -0.25) is 4.79 Å². The zero-order chi connectivity index (χ0) is 15.8. The van der Waals surface area contributed by atoms with Gasteiger partial charge in [0, 0.05) is 0 Å². The van der Waals surface area contributed by atoms with Crippen molar-refractivity contribution in [3.05, 3.63) is 24.3 Å². The maximum atomic E-state index is 11.3. The number of para-hydroxylation sites is 2. The molecule has 1 aromatic carbocycles. The molecule has 1 heterocycles. The fraction of sp³-hybridized carbons (Fsp3) is 0.357. The summed E-state index contributed by atoms with van der Waals surface area (Å²) in [4.78, 5) is 11.3. The molecule has 1 aromatic heterocycles. The third-order valence-corrected chi connectivity index (χ3v) is 4.40. The predicted octanol–water partition coefficient (Wildman–Crippen LogP) is 3.34. The summed E-state index contributed by atoms with van der Waals surface area (Å²) in [5, 5.41) is 11.9. The third-order valence-electron chi connectivity index (χ3n) is 2.45. The largest absolute Gasteiger partial charge is 0.492 e. The van der Waals surface area contributed by atoms with E-state index in [1.165, 1.54) is 23.1 Å². The zero-order valence-electron chi connectivity index (χ0n) is 12.4. The highest BCUT2D eigenvalue weighted by Gasteiger charge is 2.10. The molecule has 22 heavy (non-hydrogen) atoms. The molecule has 0 saturated heterocycles. The van der Waals surface area contributed by atoms with E-state index in [1.807, 2.05) is 31.2 Å². The van der Waals surface area contributed by atoms with Crippen LogP contribution in [0.4, 0.5) is 10.8 Å². The average Bonchev–Trinajstić information content (AvgIpc) is 2.95. The molecule has 0 unspecified atom stereocenters. The van der Waals surface area contributed by atoms with Crippen LogP contribution in [0.2, 0.25) is 0 Å². The fourth-order valence-electron chi connectivity index (χ4n) is 1.61. The first kappa shape index (κ1) is 16.6. The second kappa shape index (κ2) is 8.60. The number of nitrogens with one attached hydrogen (secondary N) is 1. The van der Waals surface area contributed by atoms with Gasteiger partial charge in [-0.1, -0.05) is 35.2 Å². The first-order chi connectivity index (χ1) is 10.7. The van der Waals surface area contributed by atoms with Crippen LogP contribution in [0.15, 0.2) is 28.6 Å². The highest BCUT2D eigenvalue weighted by atomic mass is 32.2. The number of nitrogens with zero attached hydrogens (tertiary/aromatic N) is 2. The minimum atomic E-state index is -0.251. The van der Waals surface area contributed by atoms with Gasteiger partial charge < -0.3 is 14.8 Å². The number of carbonyl (C=O) groups excluding carboxylic acids is 1. The lowest BCUT2D eigenvalue weighted by Crippen LogP contribution is -2.06. The Kier molecular flexibility index (Phi) is 6.47. The maximum absolute atomic E-state index is 11.3. The van der Waals surface area contributed by atoms with Crippen LogP contribution in [-0.4, -0.2) is 35.1 Å². The summed E-state index contributed by atoms with van der Waals surface area (Å²) in [6.45, 7) is 4.70. The van der Waals surface area contributed by atoms with E-state index in [1.54, 1.807) is 6.92 Å². The Bertz CT molecular complexity index is 619. The lowest BCUT2D eigenvalue weighted by Gasteiger charge is -2.09. The number of hydrogen-bond acceptors (Lipinski definition) is 8. The minimum absolute atomic E-state index is 0.234. The van der Waals surface area contributed by atoms with Gasteiger partial charge in [0.1, 0.15) is 5.75 Å². The molecular weight excluding hydrogens is 322 g/mol. The van der Waals surface area contributed by atoms with Gasteiger partial charge in [0.2, 0.25) is 5.13 Å². The van der Waals surface area contributed by atoms with Crippen molar-refractivity contribution in [3.63, 3.8) is 0 Å². The van der Waals surface area contributed by atoms with E-state index in [-0.39, 0.29) is 11.7 Å². The smallest absolute Gasteiger partial charge is 0.316 e. The summed E-state index contributed by atoms with van der Waals surface area (Å²) in [6.07, 6.45) is 0. The first-order valence-corrected chi connectivity index (χ1v) is 8.64. The molecule has 0 bridgehead atoms. The Balaban J connectivity index is 1.96. The van der Waals surface area contributed by atoms with Crippen molar-refractivity contribution < 1.29 is 14.3 Å². The van der Waals surface area contributed by atoms with Crippen molar-refractivity contribution in [3.8, 4) is 5.75 Å². The van der Waals surface area contributed by atoms with Gasteiger partial charge in [0.25, 0.3) is 0 Å². The van der Waals surface area contributed by atoms with E-state index in [4.69, 9.17) is 9.47 Å². The number of thioether (sulfide) groups is 1. The number of esters is 1. The van der Waals surface area contributed by atoms with Crippen LogP contribution >= 0.6 is 23.1 Å². The minimum Gasteiger partial charge on any atom is -0.492 e. The number of carbonyl (C=O) groups is 1. The molecular formula is C14H17N3O3S2. The van der Waals surface area contributed by atoms with Crippen LogP contribution in [-0.2, 0) is 9.53 Å². The van der Waals surface area contributed by atoms with E-state index in [0.717, 1.165) is 11.4 Å². The van der Waals surface area contributed by atoms with E-state index < -0.39 is 0 Å². The number of hydrogen-bond donors (Lipinski definition) is 1. The summed E-state index contributed by atoms with van der Waals surface area (Å²) in [5.74, 6) is 0.748. The highest BCUT2D eigenvalue weighted by molar-refractivity contribution is 8.01. The lowest BCUT2D eigenvalue weighted by molar-refractivity contribution is -0.139. The van der Waals surface area contributed by atoms with Crippen molar-refractivity contribution in [2.24, 2.45) is 0 Å². The van der Waals surface area contributed by atoms with Crippen LogP contribution < -0.4 is 10.1 Å². The van der Waals surface area contributed by atoms with Crippen molar-refractivity contribution in [2.45, 2.75) is 18.2 Å². The molecule has 118 valence electrons. The number of ether oxygens (including phenoxy) is 2. The number of rotatable bonds is 8. The highest BCUT2D eigenvalue weighted by Crippen LogP contribution is 2.31. The van der Waals surface area contributed by atoms with Crippen molar-refractivity contribution >= 4 is 39.9 Å². The van der Waals surface area contributed by atoms with Crippen LogP contribution in [0.25, 0.3) is 0 Å². The van der Waals surface area contributed by atoms with E-state index in [2.05, 4.69) is 15.5 Å². The van der Waals surface area contributed by atoms with E-state index >= 15 is 0 Å². The molecule has 0 aliphatic heterocycles. The van der Waals surface area contributed by atoms with Gasteiger partial charge in [-0.2, -0.15) is 0 Å². The molecule has 0 spiro atoms. The summed E-state index contributed by atoms with van der Waals surface area (Å²) in [5.41, 5.74) is 0.836. The van der Waals surface area contributed by atoms with Gasteiger partial charge in [0.15, 0.2) is 4.34 Å². The molecule has 2 rings (SSSR count). The van der Waals surface area contributed by atoms with Gasteiger partial charge in [-0.15, -0.1) is 10.2 Å². The molecule has 8 heteroatoms. The fourth-order valence-corrected chi connectivity index (χ4v) is 3.17. The SMILES string of the molecule is CCOC(=O)CSc1nnc(Nc2ccccc2OCC)s1. The normalized spacial score (nSPS) is 10.3. The average molecular weight is 339 g/mol.